The number of nitrogens with one attached hydrogen (secondary N) is 1. The summed E-state index contributed by atoms with van der Waals surface area (Å²) in [6.45, 7) is 2.69. The van der Waals surface area contributed by atoms with Gasteiger partial charge in [-0.15, -0.1) is 0 Å². The third kappa shape index (κ3) is 2.85. The number of urea groups is 1. The second kappa shape index (κ2) is 5.72. The van der Waals surface area contributed by atoms with Crippen LogP contribution in [0, 0.1) is 17.2 Å². The van der Waals surface area contributed by atoms with Crippen LogP contribution in [0.4, 0.5) is 10.5 Å². The summed E-state index contributed by atoms with van der Waals surface area (Å²) in [4.78, 5) is 13.8. The molecule has 0 bridgehead atoms. The fourth-order valence-corrected chi connectivity index (χ4v) is 2.36. The highest BCUT2D eigenvalue weighted by Gasteiger charge is 2.33. The topological polar surface area (TPSA) is 76.4 Å². The van der Waals surface area contributed by atoms with Crippen molar-refractivity contribution < 1.29 is 9.90 Å². The van der Waals surface area contributed by atoms with E-state index in [1.54, 1.807) is 29.2 Å². The molecule has 100 valence electrons. The third-order valence-corrected chi connectivity index (χ3v) is 3.60. The molecule has 2 rings (SSSR count). The first kappa shape index (κ1) is 13.4. The fraction of sp³-hybridized carbons (Fsp3) is 0.429. The van der Waals surface area contributed by atoms with Gasteiger partial charge in [0.1, 0.15) is 0 Å². The van der Waals surface area contributed by atoms with E-state index in [1.807, 2.05) is 13.0 Å². The van der Waals surface area contributed by atoms with Gasteiger partial charge in [-0.1, -0.05) is 6.92 Å². The van der Waals surface area contributed by atoms with Gasteiger partial charge in [-0.2, -0.15) is 5.26 Å². The Morgan fingerprint density at radius 2 is 2.21 bits per heavy atom. The second-order valence-electron chi connectivity index (χ2n) is 4.83. The Morgan fingerprint density at radius 1 is 1.53 bits per heavy atom. The Morgan fingerprint density at radius 3 is 2.79 bits per heavy atom. The van der Waals surface area contributed by atoms with E-state index in [0.29, 0.717) is 23.7 Å². The molecule has 1 aliphatic heterocycles. The maximum atomic E-state index is 12.1. The highest BCUT2D eigenvalue weighted by molar-refractivity contribution is 5.89. The van der Waals surface area contributed by atoms with Crippen LogP contribution in [-0.4, -0.2) is 35.2 Å². The van der Waals surface area contributed by atoms with Crippen LogP contribution in [0.5, 0.6) is 0 Å². The standard InChI is InChI=1S/C14H17N3O2/c1-10-6-7-17(13(10)9-18)14(19)16-12-4-2-11(8-15)3-5-12/h2-5,10,13,18H,6-7,9H2,1H3,(H,16,19). The lowest BCUT2D eigenvalue weighted by Crippen LogP contribution is -2.42. The number of anilines is 1. The maximum absolute atomic E-state index is 12.1. The molecule has 2 N–H and O–H groups in total. The van der Waals surface area contributed by atoms with E-state index in [-0.39, 0.29) is 18.7 Å². The predicted octanol–water partition coefficient (Wildman–Crippen LogP) is 1.79. The van der Waals surface area contributed by atoms with Gasteiger partial charge in [-0.25, -0.2) is 4.79 Å². The van der Waals surface area contributed by atoms with Gasteiger partial charge in [0.2, 0.25) is 0 Å². The van der Waals surface area contributed by atoms with Crippen LogP contribution in [-0.2, 0) is 0 Å². The zero-order chi connectivity index (χ0) is 13.8. The minimum Gasteiger partial charge on any atom is -0.394 e. The van der Waals surface area contributed by atoms with Crippen molar-refractivity contribution >= 4 is 11.7 Å². The molecule has 1 aliphatic rings. The molecule has 1 aromatic carbocycles. The summed E-state index contributed by atoms with van der Waals surface area (Å²) < 4.78 is 0. The summed E-state index contributed by atoms with van der Waals surface area (Å²) in [7, 11) is 0. The van der Waals surface area contributed by atoms with Crippen molar-refractivity contribution in [3.8, 4) is 6.07 Å². The number of nitrogens with zero attached hydrogens (tertiary/aromatic N) is 2. The summed E-state index contributed by atoms with van der Waals surface area (Å²) in [5.41, 5.74) is 1.21. The molecule has 5 heteroatoms. The van der Waals surface area contributed by atoms with Crippen molar-refractivity contribution in [1.29, 1.82) is 5.26 Å². The number of aliphatic hydroxyl groups excluding tert-OH is 1. The molecule has 1 heterocycles. The molecular weight excluding hydrogens is 242 g/mol. The molecule has 2 amide bonds. The van der Waals surface area contributed by atoms with Crippen molar-refractivity contribution in [1.82, 2.24) is 4.90 Å². The van der Waals surface area contributed by atoms with E-state index in [4.69, 9.17) is 5.26 Å². The minimum absolute atomic E-state index is 0.0119. The Bertz CT molecular complexity index is 492. The van der Waals surface area contributed by atoms with Crippen molar-refractivity contribution in [2.45, 2.75) is 19.4 Å². The summed E-state index contributed by atoms with van der Waals surface area (Å²) in [6.07, 6.45) is 0.909. The van der Waals surface area contributed by atoms with Crippen LogP contribution in [0.25, 0.3) is 0 Å². The molecule has 0 aromatic heterocycles. The lowest BCUT2D eigenvalue weighted by Gasteiger charge is -2.25. The largest absolute Gasteiger partial charge is 0.394 e. The molecular formula is C14H17N3O2. The molecule has 2 atom stereocenters. The lowest BCUT2D eigenvalue weighted by atomic mass is 10.0. The molecule has 0 radical (unpaired) electrons. The van der Waals surface area contributed by atoms with Crippen LogP contribution in [0.2, 0.25) is 0 Å². The van der Waals surface area contributed by atoms with Gasteiger partial charge in [-0.05, 0) is 36.6 Å². The van der Waals surface area contributed by atoms with E-state index in [0.717, 1.165) is 6.42 Å². The number of carbonyl (C=O) groups excluding carboxylic acids is 1. The molecule has 1 aromatic rings. The third-order valence-electron chi connectivity index (χ3n) is 3.60. The highest BCUT2D eigenvalue weighted by atomic mass is 16.3. The van der Waals surface area contributed by atoms with Crippen molar-refractivity contribution in [3.05, 3.63) is 29.8 Å². The molecule has 0 spiro atoms. The smallest absolute Gasteiger partial charge is 0.322 e. The van der Waals surface area contributed by atoms with Gasteiger partial charge in [0.25, 0.3) is 0 Å². The minimum atomic E-state index is -0.201. The normalized spacial score (nSPS) is 22.1. The molecule has 1 saturated heterocycles. The molecule has 1 fully saturated rings. The van der Waals surface area contributed by atoms with Gasteiger partial charge in [0.05, 0.1) is 24.3 Å². The number of nitriles is 1. The zero-order valence-electron chi connectivity index (χ0n) is 10.8. The number of amides is 2. The van der Waals surface area contributed by atoms with E-state index < -0.39 is 0 Å². The molecule has 19 heavy (non-hydrogen) atoms. The van der Waals surface area contributed by atoms with Crippen LogP contribution >= 0.6 is 0 Å². The van der Waals surface area contributed by atoms with Crippen molar-refractivity contribution in [3.63, 3.8) is 0 Å². The SMILES string of the molecule is CC1CCN(C(=O)Nc2ccc(C#N)cc2)C1CO. The van der Waals surface area contributed by atoms with Crippen LogP contribution in [0.1, 0.15) is 18.9 Å². The van der Waals surface area contributed by atoms with Crippen LogP contribution in [0.3, 0.4) is 0 Å². The van der Waals surface area contributed by atoms with Gasteiger partial charge < -0.3 is 15.3 Å². The Labute approximate surface area is 112 Å². The van der Waals surface area contributed by atoms with Gasteiger partial charge >= 0.3 is 6.03 Å². The first-order valence-electron chi connectivity index (χ1n) is 6.34. The number of rotatable bonds is 2. The van der Waals surface area contributed by atoms with Gasteiger partial charge in [-0.3, -0.25) is 0 Å². The van der Waals surface area contributed by atoms with Gasteiger partial charge in [0, 0.05) is 12.2 Å². The number of hydrogen-bond donors (Lipinski definition) is 2. The first-order valence-corrected chi connectivity index (χ1v) is 6.34. The predicted molar refractivity (Wildman–Crippen MR) is 71.5 cm³/mol. The highest BCUT2D eigenvalue weighted by Crippen LogP contribution is 2.24. The monoisotopic (exact) mass is 259 g/mol. The summed E-state index contributed by atoms with van der Waals surface area (Å²) >= 11 is 0. The Hall–Kier alpha value is -2.06. The van der Waals surface area contributed by atoms with E-state index in [1.165, 1.54) is 0 Å². The molecule has 5 nitrogen and oxygen atoms in total. The quantitative estimate of drug-likeness (QED) is 0.850. The lowest BCUT2D eigenvalue weighted by molar-refractivity contribution is 0.152. The maximum Gasteiger partial charge on any atom is 0.322 e. The summed E-state index contributed by atoms with van der Waals surface area (Å²) in [5.74, 6) is 0.316. The summed E-state index contributed by atoms with van der Waals surface area (Å²) in [6, 6.07) is 8.43. The van der Waals surface area contributed by atoms with Crippen molar-refractivity contribution in [2.24, 2.45) is 5.92 Å². The second-order valence-corrected chi connectivity index (χ2v) is 4.83. The number of benzene rings is 1. The molecule has 0 aliphatic carbocycles. The Kier molecular flexibility index (Phi) is 4.03. The van der Waals surface area contributed by atoms with Crippen LogP contribution < -0.4 is 5.32 Å². The van der Waals surface area contributed by atoms with E-state index in [9.17, 15) is 9.90 Å². The average molecular weight is 259 g/mol. The zero-order valence-corrected chi connectivity index (χ0v) is 10.8. The van der Waals surface area contributed by atoms with Gasteiger partial charge in [0.15, 0.2) is 0 Å². The van der Waals surface area contributed by atoms with Crippen molar-refractivity contribution in [2.75, 3.05) is 18.5 Å². The first-order chi connectivity index (χ1) is 9.15. The summed E-state index contributed by atoms with van der Waals surface area (Å²) in [5, 5.41) is 20.8. The molecule has 0 saturated carbocycles. The van der Waals surface area contributed by atoms with Crippen LogP contribution in [0.15, 0.2) is 24.3 Å². The number of carbonyl (C=O) groups is 1. The number of likely N-dealkylation sites (tertiary alicyclic amines) is 1. The fourth-order valence-electron chi connectivity index (χ4n) is 2.36. The number of aliphatic hydroxyl groups is 1. The Balaban J connectivity index is 2.02. The van der Waals surface area contributed by atoms with E-state index >= 15 is 0 Å². The number of hydrogen-bond acceptors (Lipinski definition) is 3. The average Bonchev–Trinajstić information content (AvgIpc) is 2.80. The molecule has 2 unspecified atom stereocenters. The van der Waals surface area contributed by atoms with E-state index in [2.05, 4.69) is 5.32 Å².